The van der Waals surface area contributed by atoms with Crippen LogP contribution >= 0.6 is 0 Å². The van der Waals surface area contributed by atoms with Crippen LogP contribution < -0.4 is 0 Å². The van der Waals surface area contributed by atoms with E-state index < -0.39 is 6.10 Å². The number of ether oxygens (including phenoxy) is 3. The highest BCUT2D eigenvalue weighted by Gasteiger charge is 2.19. The van der Waals surface area contributed by atoms with Gasteiger partial charge in [0.1, 0.15) is 13.2 Å². The fourth-order valence-electron chi connectivity index (χ4n) is 7.11. The van der Waals surface area contributed by atoms with Crippen LogP contribution in [0, 0.1) is 0 Å². The normalized spacial score (nSPS) is 13.2. The van der Waals surface area contributed by atoms with Crippen LogP contribution in [0.3, 0.4) is 0 Å². The van der Waals surface area contributed by atoms with Gasteiger partial charge in [-0.2, -0.15) is 0 Å². The summed E-state index contributed by atoms with van der Waals surface area (Å²) in [4.78, 5) is 38.2. The molecule has 0 aliphatic heterocycles. The van der Waals surface area contributed by atoms with Crippen molar-refractivity contribution in [3.05, 3.63) is 146 Å². The quantitative estimate of drug-likeness (QED) is 0.0262. The van der Waals surface area contributed by atoms with Crippen LogP contribution in [0.4, 0.5) is 0 Å². The Morgan fingerprint density at radius 1 is 0.296 bits per heavy atom. The Morgan fingerprint density at radius 2 is 0.549 bits per heavy atom. The van der Waals surface area contributed by atoms with Crippen molar-refractivity contribution in [2.24, 2.45) is 0 Å². The maximum Gasteiger partial charge on any atom is 0.306 e. The summed E-state index contributed by atoms with van der Waals surface area (Å²) in [6.45, 7) is 6.30. The molecule has 0 aromatic heterocycles. The molecule has 0 bridgehead atoms. The SMILES string of the molecule is CC/C=C\C/C=C\C/C=C\C/C=C\C/C=C\CCCCCC(=O)OC[C@H](COC(=O)CCCCC/C=C\C/C=C\C/C=C\C/C=C\CCCCC)OC(=O)CCCCCCC/C=C\C/C=C\C/C=C\CC. The molecule has 0 unspecified atom stereocenters. The van der Waals surface area contributed by atoms with Crippen molar-refractivity contribution in [2.75, 3.05) is 13.2 Å². The predicted octanol–water partition coefficient (Wildman–Crippen LogP) is 19.2. The Morgan fingerprint density at radius 3 is 0.873 bits per heavy atom. The van der Waals surface area contributed by atoms with Gasteiger partial charge in [0.15, 0.2) is 6.10 Å². The van der Waals surface area contributed by atoms with Crippen molar-refractivity contribution in [3.63, 3.8) is 0 Å². The van der Waals surface area contributed by atoms with Gasteiger partial charge in [-0.1, -0.05) is 212 Å². The number of carbonyl (C=O) groups excluding carboxylic acids is 3. The summed E-state index contributed by atoms with van der Waals surface area (Å²) < 4.78 is 16.8. The van der Waals surface area contributed by atoms with Gasteiger partial charge < -0.3 is 14.2 Å². The van der Waals surface area contributed by atoms with Gasteiger partial charge in [-0.15, -0.1) is 0 Å². The maximum absolute atomic E-state index is 12.8. The van der Waals surface area contributed by atoms with E-state index >= 15 is 0 Å². The van der Waals surface area contributed by atoms with Crippen molar-refractivity contribution in [3.8, 4) is 0 Å². The first-order valence-corrected chi connectivity index (χ1v) is 28.3. The lowest BCUT2D eigenvalue weighted by Crippen LogP contribution is -2.30. The molecule has 1 atom stereocenters. The number of unbranched alkanes of at least 4 members (excludes halogenated alkanes) is 14. The average molecular weight is 980 g/mol. The van der Waals surface area contributed by atoms with Crippen LogP contribution in [-0.4, -0.2) is 37.2 Å². The lowest BCUT2D eigenvalue weighted by Gasteiger charge is -2.18. The molecule has 0 heterocycles. The topological polar surface area (TPSA) is 78.9 Å². The Balaban J connectivity index is 4.56. The van der Waals surface area contributed by atoms with Gasteiger partial charge in [0.2, 0.25) is 0 Å². The molecule has 398 valence electrons. The minimum Gasteiger partial charge on any atom is -0.462 e. The molecule has 0 radical (unpaired) electrons. The molecule has 0 N–H and O–H groups in total. The van der Waals surface area contributed by atoms with E-state index in [0.717, 1.165) is 161 Å². The molecule has 0 saturated heterocycles. The van der Waals surface area contributed by atoms with Gasteiger partial charge in [0.25, 0.3) is 0 Å². The van der Waals surface area contributed by atoms with Crippen molar-refractivity contribution < 1.29 is 28.6 Å². The molecule has 0 rings (SSSR count). The van der Waals surface area contributed by atoms with E-state index in [-0.39, 0.29) is 37.5 Å². The summed E-state index contributed by atoms with van der Waals surface area (Å²) in [5.74, 6) is -1.00. The third-order valence-electron chi connectivity index (χ3n) is 11.3. The van der Waals surface area contributed by atoms with Crippen LogP contribution in [-0.2, 0) is 28.6 Å². The second-order valence-electron chi connectivity index (χ2n) is 18.1. The second kappa shape index (κ2) is 57.9. The molecule has 0 aliphatic carbocycles. The van der Waals surface area contributed by atoms with Crippen molar-refractivity contribution in [1.82, 2.24) is 0 Å². The van der Waals surface area contributed by atoms with Crippen LogP contribution in [0.2, 0.25) is 0 Å². The highest BCUT2D eigenvalue weighted by atomic mass is 16.6. The van der Waals surface area contributed by atoms with E-state index in [9.17, 15) is 14.4 Å². The van der Waals surface area contributed by atoms with Crippen molar-refractivity contribution in [2.45, 2.75) is 232 Å². The minimum absolute atomic E-state index is 0.119. The molecule has 0 aromatic carbocycles. The zero-order valence-corrected chi connectivity index (χ0v) is 45.4. The number of allylic oxidation sites excluding steroid dienone is 24. The minimum atomic E-state index is -0.822. The van der Waals surface area contributed by atoms with Crippen molar-refractivity contribution in [1.29, 1.82) is 0 Å². The molecule has 0 saturated carbocycles. The third-order valence-corrected chi connectivity index (χ3v) is 11.3. The number of hydrogen-bond donors (Lipinski definition) is 0. The fraction of sp³-hybridized carbons (Fsp3) is 0.585. The number of esters is 3. The van der Waals surface area contributed by atoms with E-state index in [1.54, 1.807) is 0 Å². The number of rotatable bonds is 49. The maximum atomic E-state index is 12.8. The summed E-state index contributed by atoms with van der Waals surface area (Å²) in [5, 5.41) is 0. The Hall–Kier alpha value is -4.71. The Bertz CT molecular complexity index is 1590. The lowest BCUT2D eigenvalue weighted by atomic mass is 10.1. The summed E-state index contributed by atoms with van der Waals surface area (Å²) >= 11 is 0. The Kier molecular flexibility index (Phi) is 54.0. The largest absolute Gasteiger partial charge is 0.462 e. The highest BCUT2D eigenvalue weighted by Crippen LogP contribution is 2.12. The molecular weight excluding hydrogens is 877 g/mol. The van der Waals surface area contributed by atoms with E-state index in [4.69, 9.17) is 14.2 Å². The molecule has 6 nitrogen and oxygen atoms in total. The number of hydrogen-bond acceptors (Lipinski definition) is 6. The van der Waals surface area contributed by atoms with E-state index in [1.165, 1.54) is 25.7 Å². The van der Waals surface area contributed by atoms with Crippen LogP contribution in [0.25, 0.3) is 0 Å². The molecule has 0 fully saturated rings. The van der Waals surface area contributed by atoms with Gasteiger partial charge in [-0.3, -0.25) is 14.4 Å². The lowest BCUT2D eigenvalue weighted by molar-refractivity contribution is -0.167. The van der Waals surface area contributed by atoms with Gasteiger partial charge >= 0.3 is 17.9 Å². The Labute approximate surface area is 436 Å². The fourth-order valence-corrected chi connectivity index (χ4v) is 7.11. The zero-order valence-electron chi connectivity index (χ0n) is 45.4. The molecule has 0 amide bonds. The predicted molar refractivity (Wildman–Crippen MR) is 306 cm³/mol. The monoisotopic (exact) mass is 979 g/mol. The second-order valence-corrected chi connectivity index (χ2v) is 18.1. The number of carbonyl (C=O) groups is 3. The van der Waals surface area contributed by atoms with Crippen LogP contribution in [0.15, 0.2) is 146 Å². The first-order valence-electron chi connectivity index (χ1n) is 28.3. The highest BCUT2D eigenvalue weighted by molar-refractivity contribution is 5.71. The molecular formula is C65H102O6. The summed E-state index contributed by atoms with van der Waals surface area (Å²) in [6.07, 6.45) is 82.6. The van der Waals surface area contributed by atoms with Crippen molar-refractivity contribution >= 4 is 17.9 Å². The third kappa shape index (κ3) is 56.1. The average Bonchev–Trinajstić information content (AvgIpc) is 3.37. The van der Waals surface area contributed by atoms with E-state index in [2.05, 4.69) is 167 Å². The summed E-state index contributed by atoms with van der Waals surface area (Å²) in [7, 11) is 0. The molecule has 0 aliphatic rings. The zero-order chi connectivity index (χ0) is 51.4. The standard InChI is InChI=1S/C65H102O6/c1-4-7-10-13-16-19-22-25-28-30-32-34-37-39-42-45-48-51-54-57-63(66)69-60-62(71-65(68)59-56-53-50-47-44-41-36-27-24-21-18-15-12-9-6-3)61-70-64(67)58-55-52-49-46-43-40-38-35-33-31-29-26-23-20-17-14-11-8-5-2/h7,9-10,12,16-21,25-29,32-36,39-40,42-43,62H,4-6,8,11,13-15,22-24,30-31,37-38,41,44-61H2,1-3H3/b10-7-,12-9-,19-16-,20-17-,21-18-,28-25-,29-26-,34-32-,35-33-,36-27-,42-39-,43-40-/t62-/m1/s1. The first kappa shape index (κ1) is 66.3. The van der Waals surface area contributed by atoms with Gasteiger partial charge in [0.05, 0.1) is 0 Å². The van der Waals surface area contributed by atoms with Gasteiger partial charge in [-0.25, -0.2) is 0 Å². The molecule has 0 aromatic rings. The first-order chi connectivity index (χ1) is 35.0. The van der Waals surface area contributed by atoms with Gasteiger partial charge in [-0.05, 0) is 141 Å². The molecule has 6 heteroatoms. The van der Waals surface area contributed by atoms with Crippen LogP contribution in [0.1, 0.15) is 226 Å². The van der Waals surface area contributed by atoms with Crippen LogP contribution in [0.5, 0.6) is 0 Å². The van der Waals surface area contributed by atoms with Gasteiger partial charge in [0, 0.05) is 19.3 Å². The van der Waals surface area contributed by atoms with E-state index in [0.29, 0.717) is 12.8 Å². The van der Waals surface area contributed by atoms with E-state index in [1.807, 2.05) is 0 Å². The molecule has 0 spiro atoms. The smallest absolute Gasteiger partial charge is 0.306 e. The summed E-state index contributed by atoms with van der Waals surface area (Å²) in [5.41, 5.74) is 0. The summed E-state index contributed by atoms with van der Waals surface area (Å²) in [6, 6.07) is 0. The molecule has 71 heavy (non-hydrogen) atoms.